The first-order valence-electron chi connectivity index (χ1n) is 6.05. The number of hydrogen-bond donors (Lipinski definition) is 2. The summed E-state index contributed by atoms with van der Waals surface area (Å²) in [5.74, 6) is -1.90. The third-order valence-corrected chi connectivity index (χ3v) is 2.81. The Bertz CT molecular complexity index is 636. The first kappa shape index (κ1) is 14.0. The van der Waals surface area contributed by atoms with Crippen molar-refractivity contribution in [3.05, 3.63) is 59.2 Å². The van der Waals surface area contributed by atoms with Crippen molar-refractivity contribution in [3.8, 4) is 0 Å². The maximum absolute atomic E-state index is 13.1. The van der Waals surface area contributed by atoms with Crippen molar-refractivity contribution in [2.75, 3.05) is 17.7 Å². The molecule has 0 atom stereocenters. The molecular weight excluding hydrogens is 262 g/mol. The molecule has 0 bridgehead atoms. The van der Waals surface area contributed by atoms with Gasteiger partial charge in [-0.1, -0.05) is 11.6 Å². The van der Waals surface area contributed by atoms with E-state index in [9.17, 15) is 13.6 Å². The second kappa shape index (κ2) is 5.69. The number of halogens is 2. The van der Waals surface area contributed by atoms with Gasteiger partial charge in [0, 0.05) is 24.5 Å². The molecule has 2 N–H and O–H groups in total. The van der Waals surface area contributed by atoms with Crippen molar-refractivity contribution in [1.29, 1.82) is 0 Å². The van der Waals surface area contributed by atoms with E-state index in [2.05, 4.69) is 10.6 Å². The molecule has 0 saturated heterocycles. The van der Waals surface area contributed by atoms with E-state index in [4.69, 9.17) is 0 Å². The van der Waals surface area contributed by atoms with Crippen LogP contribution in [0.2, 0.25) is 0 Å². The number of carbonyl (C=O) groups excluding carboxylic acids is 1. The lowest BCUT2D eigenvalue weighted by Gasteiger charge is -2.11. The number of anilines is 2. The molecule has 2 aromatic rings. The van der Waals surface area contributed by atoms with Crippen LogP contribution in [0.15, 0.2) is 36.4 Å². The first-order valence-corrected chi connectivity index (χ1v) is 6.05. The zero-order chi connectivity index (χ0) is 14.7. The molecule has 0 radical (unpaired) electrons. The van der Waals surface area contributed by atoms with Crippen molar-refractivity contribution in [3.63, 3.8) is 0 Å². The molecule has 0 aromatic heterocycles. The largest absolute Gasteiger partial charge is 0.387 e. The van der Waals surface area contributed by atoms with E-state index in [1.165, 1.54) is 0 Å². The molecule has 5 heteroatoms. The van der Waals surface area contributed by atoms with Gasteiger partial charge in [0.25, 0.3) is 5.91 Å². The Morgan fingerprint density at radius 1 is 1.05 bits per heavy atom. The lowest BCUT2D eigenvalue weighted by Crippen LogP contribution is -2.14. The van der Waals surface area contributed by atoms with Gasteiger partial charge in [-0.3, -0.25) is 4.79 Å². The summed E-state index contributed by atoms with van der Waals surface area (Å²) in [6.45, 7) is 1.86. The quantitative estimate of drug-likeness (QED) is 0.899. The number of benzene rings is 2. The fraction of sp³-hybridized carbons (Fsp3) is 0.133. The van der Waals surface area contributed by atoms with Crippen molar-refractivity contribution in [2.45, 2.75) is 6.92 Å². The molecule has 0 aliphatic rings. The molecule has 0 spiro atoms. The van der Waals surface area contributed by atoms with E-state index < -0.39 is 17.5 Å². The summed E-state index contributed by atoms with van der Waals surface area (Å²) in [6, 6.07) is 8.23. The Kier molecular flexibility index (Phi) is 3.98. The van der Waals surface area contributed by atoms with E-state index in [1.807, 2.05) is 13.0 Å². The maximum atomic E-state index is 13.1. The molecule has 20 heavy (non-hydrogen) atoms. The summed E-state index contributed by atoms with van der Waals surface area (Å²) in [5.41, 5.74) is 2.05. The topological polar surface area (TPSA) is 41.1 Å². The van der Waals surface area contributed by atoms with Gasteiger partial charge >= 0.3 is 0 Å². The van der Waals surface area contributed by atoms with Crippen LogP contribution in [0.5, 0.6) is 0 Å². The lowest BCUT2D eigenvalue weighted by molar-refractivity contribution is 0.102. The second-order valence-corrected chi connectivity index (χ2v) is 4.41. The standard InChI is InChI=1S/C15H14F2N2O/c1-9-3-4-14(18-2)13(5-9)15(20)19-12-7-10(16)6-11(17)8-12/h3-8,18H,1-2H3,(H,19,20). The van der Waals surface area contributed by atoms with Gasteiger partial charge in [0.1, 0.15) is 11.6 Å². The molecule has 0 aliphatic carbocycles. The van der Waals surface area contributed by atoms with Gasteiger partial charge < -0.3 is 10.6 Å². The third-order valence-electron chi connectivity index (χ3n) is 2.81. The van der Waals surface area contributed by atoms with E-state index in [0.717, 1.165) is 23.8 Å². The van der Waals surface area contributed by atoms with Crippen LogP contribution in [-0.2, 0) is 0 Å². The van der Waals surface area contributed by atoms with Crippen molar-refractivity contribution < 1.29 is 13.6 Å². The predicted octanol–water partition coefficient (Wildman–Crippen LogP) is 3.57. The van der Waals surface area contributed by atoms with Crippen LogP contribution in [0.25, 0.3) is 0 Å². The summed E-state index contributed by atoms with van der Waals surface area (Å²) in [6.07, 6.45) is 0. The summed E-state index contributed by atoms with van der Waals surface area (Å²) >= 11 is 0. The van der Waals surface area contributed by atoms with Gasteiger partial charge in [0.15, 0.2) is 0 Å². The van der Waals surface area contributed by atoms with Gasteiger partial charge in [-0.05, 0) is 31.2 Å². The molecule has 104 valence electrons. The second-order valence-electron chi connectivity index (χ2n) is 4.41. The average Bonchev–Trinajstić information content (AvgIpc) is 2.37. The Morgan fingerprint density at radius 2 is 1.70 bits per heavy atom. The zero-order valence-corrected chi connectivity index (χ0v) is 11.1. The number of aryl methyl sites for hydroxylation is 1. The fourth-order valence-corrected chi connectivity index (χ4v) is 1.89. The van der Waals surface area contributed by atoms with Crippen molar-refractivity contribution in [2.24, 2.45) is 0 Å². The SMILES string of the molecule is CNc1ccc(C)cc1C(=O)Nc1cc(F)cc(F)c1. The fourth-order valence-electron chi connectivity index (χ4n) is 1.89. The van der Waals surface area contributed by atoms with Crippen LogP contribution in [-0.4, -0.2) is 13.0 Å². The average molecular weight is 276 g/mol. The predicted molar refractivity (Wildman–Crippen MR) is 75.0 cm³/mol. The molecule has 0 heterocycles. The van der Waals surface area contributed by atoms with Crippen LogP contribution in [0.4, 0.5) is 20.2 Å². The molecular formula is C15H14F2N2O. The van der Waals surface area contributed by atoms with Gasteiger partial charge in [0.2, 0.25) is 0 Å². The molecule has 0 unspecified atom stereocenters. The van der Waals surface area contributed by atoms with Crippen molar-refractivity contribution in [1.82, 2.24) is 0 Å². The third kappa shape index (κ3) is 3.12. The van der Waals surface area contributed by atoms with E-state index in [1.54, 1.807) is 19.2 Å². The number of amides is 1. The van der Waals surface area contributed by atoms with Crippen LogP contribution >= 0.6 is 0 Å². The zero-order valence-electron chi connectivity index (χ0n) is 11.1. The molecule has 1 amide bonds. The Morgan fingerprint density at radius 3 is 2.30 bits per heavy atom. The Hall–Kier alpha value is -2.43. The highest BCUT2D eigenvalue weighted by Crippen LogP contribution is 2.20. The van der Waals surface area contributed by atoms with Crippen LogP contribution in [0.1, 0.15) is 15.9 Å². The summed E-state index contributed by atoms with van der Waals surface area (Å²) < 4.78 is 26.2. The Labute approximate surface area is 115 Å². The summed E-state index contributed by atoms with van der Waals surface area (Å²) in [4.78, 5) is 12.2. The van der Waals surface area contributed by atoms with Crippen LogP contribution in [0.3, 0.4) is 0 Å². The van der Waals surface area contributed by atoms with Crippen LogP contribution < -0.4 is 10.6 Å². The minimum atomic E-state index is -0.738. The van der Waals surface area contributed by atoms with E-state index in [-0.39, 0.29) is 5.69 Å². The normalized spacial score (nSPS) is 10.2. The first-order chi connectivity index (χ1) is 9.49. The number of rotatable bonds is 3. The van der Waals surface area contributed by atoms with Gasteiger partial charge in [0.05, 0.1) is 5.56 Å². The molecule has 0 aliphatic heterocycles. The lowest BCUT2D eigenvalue weighted by atomic mass is 10.1. The monoisotopic (exact) mass is 276 g/mol. The number of carbonyl (C=O) groups is 1. The number of hydrogen-bond acceptors (Lipinski definition) is 2. The Balaban J connectivity index is 2.30. The van der Waals surface area contributed by atoms with E-state index >= 15 is 0 Å². The van der Waals surface area contributed by atoms with Gasteiger partial charge in [-0.25, -0.2) is 8.78 Å². The van der Waals surface area contributed by atoms with Crippen LogP contribution in [0, 0.1) is 18.6 Å². The molecule has 0 fully saturated rings. The highest BCUT2D eigenvalue weighted by atomic mass is 19.1. The molecule has 2 aromatic carbocycles. The number of nitrogens with one attached hydrogen (secondary N) is 2. The smallest absolute Gasteiger partial charge is 0.257 e. The molecule has 2 rings (SSSR count). The maximum Gasteiger partial charge on any atom is 0.257 e. The highest BCUT2D eigenvalue weighted by Gasteiger charge is 2.12. The van der Waals surface area contributed by atoms with Gasteiger partial charge in [-0.2, -0.15) is 0 Å². The van der Waals surface area contributed by atoms with E-state index in [0.29, 0.717) is 11.3 Å². The minimum absolute atomic E-state index is 0.0797. The summed E-state index contributed by atoms with van der Waals surface area (Å²) in [5, 5.41) is 5.39. The van der Waals surface area contributed by atoms with Gasteiger partial charge in [-0.15, -0.1) is 0 Å². The minimum Gasteiger partial charge on any atom is -0.387 e. The highest BCUT2D eigenvalue weighted by molar-refractivity contribution is 6.08. The summed E-state index contributed by atoms with van der Waals surface area (Å²) in [7, 11) is 1.70. The molecule has 0 saturated carbocycles. The molecule has 3 nitrogen and oxygen atoms in total. The van der Waals surface area contributed by atoms with Crippen molar-refractivity contribution >= 4 is 17.3 Å².